The van der Waals surface area contributed by atoms with Gasteiger partial charge >= 0.3 is 10.2 Å². The molecular weight excluding hydrogens is 564 g/mol. The monoisotopic (exact) mass is 596 g/mol. The summed E-state index contributed by atoms with van der Waals surface area (Å²) in [4.78, 5) is 33.6. The van der Waals surface area contributed by atoms with E-state index in [0.717, 1.165) is 10.7 Å². The van der Waals surface area contributed by atoms with E-state index in [1.165, 1.54) is 35.3 Å². The summed E-state index contributed by atoms with van der Waals surface area (Å²) in [6.07, 6.45) is -0.00727. The number of aliphatic hydroxyl groups excluding tert-OH is 2. The maximum Gasteiger partial charge on any atom is 0.303 e. The van der Waals surface area contributed by atoms with E-state index in [1.54, 1.807) is 42.5 Å². The molecule has 2 amide bonds. The molecule has 2 heterocycles. The second kappa shape index (κ2) is 14.0. The Balaban J connectivity index is 1.78. The van der Waals surface area contributed by atoms with Gasteiger partial charge in [-0.1, -0.05) is 18.2 Å². The van der Waals surface area contributed by atoms with Gasteiger partial charge in [-0.05, 0) is 48.9 Å². The minimum atomic E-state index is -4.16. The first-order valence-corrected chi connectivity index (χ1v) is 15.2. The van der Waals surface area contributed by atoms with Crippen molar-refractivity contribution in [2.45, 2.75) is 32.4 Å². The van der Waals surface area contributed by atoms with E-state index >= 15 is 0 Å². The number of thiophene rings is 1. The molecule has 0 bridgehead atoms. The molecule has 212 valence electrons. The molecule has 1 aromatic carbocycles. The predicted octanol–water partition coefficient (Wildman–Crippen LogP) is 2.12. The Morgan fingerprint density at radius 1 is 1.18 bits per heavy atom. The molecule has 1 atom stereocenters. The fraction of sp³-hybridized carbons (Fsp3) is 0.400. The van der Waals surface area contributed by atoms with Gasteiger partial charge in [0.1, 0.15) is 16.5 Å². The molecule has 0 radical (unpaired) electrons. The molecule has 0 unspecified atom stereocenters. The summed E-state index contributed by atoms with van der Waals surface area (Å²) < 4.78 is 32.6. The van der Waals surface area contributed by atoms with Crippen molar-refractivity contribution in [2.24, 2.45) is 0 Å². The third-order valence-corrected chi connectivity index (χ3v) is 9.18. The van der Waals surface area contributed by atoms with Gasteiger partial charge in [0.2, 0.25) is 0 Å². The Morgan fingerprint density at radius 3 is 2.51 bits per heavy atom. The van der Waals surface area contributed by atoms with Gasteiger partial charge in [0.15, 0.2) is 6.10 Å². The zero-order chi connectivity index (χ0) is 28.6. The van der Waals surface area contributed by atoms with E-state index in [0.29, 0.717) is 34.2 Å². The van der Waals surface area contributed by atoms with E-state index in [-0.39, 0.29) is 18.8 Å². The third kappa shape index (κ3) is 8.30. The lowest BCUT2D eigenvalue weighted by molar-refractivity contribution is -0.141. The normalized spacial score (nSPS) is 12.4. The molecule has 3 N–H and O–H groups in total. The Bertz CT molecular complexity index is 1340. The fourth-order valence-electron chi connectivity index (χ4n) is 3.67. The Kier molecular flexibility index (Phi) is 11.0. The number of nitrogens with zero attached hydrogens (tertiary/aromatic N) is 3. The number of nitrogens with one attached hydrogen (secondary N) is 1. The number of hydrogen-bond acceptors (Lipinski definition) is 10. The average Bonchev–Trinajstić information content (AvgIpc) is 3.56. The van der Waals surface area contributed by atoms with Gasteiger partial charge in [-0.2, -0.15) is 12.7 Å². The molecule has 0 saturated heterocycles. The van der Waals surface area contributed by atoms with Crippen LogP contribution in [0.25, 0.3) is 0 Å². The van der Waals surface area contributed by atoms with Gasteiger partial charge in [-0.25, -0.2) is 9.71 Å². The number of carbonyl (C=O) groups excluding carboxylic acids is 2. The molecule has 3 rings (SSSR count). The highest BCUT2D eigenvalue weighted by Crippen LogP contribution is 2.24. The van der Waals surface area contributed by atoms with Crippen molar-refractivity contribution in [1.82, 2.24) is 18.9 Å². The number of likely N-dealkylation sites (N-methyl/N-ethyl adjacent to an activating group) is 1. The third-order valence-electron chi connectivity index (χ3n) is 5.84. The van der Waals surface area contributed by atoms with E-state index in [1.807, 2.05) is 22.2 Å². The standard InChI is InChI=1S/C25H32N4O7S3/c1-17-22(24(32)27-39(34,35)28(2)13-14-30)26-21(38-17)16-29(12-4-6-20-7-5-15-37-20)25(33)23(31)18-8-10-19(36-3)11-9-18/h5,7-11,15,23,30-31H,4,6,12-14,16H2,1-3H3,(H,27,32)/t23-/m1/s1. The van der Waals surface area contributed by atoms with E-state index in [9.17, 15) is 23.1 Å². The number of aromatic nitrogens is 1. The van der Waals surface area contributed by atoms with Gasteiger partial charge in [0, 0.05) is 29.9 Å². The predicted molar refractivity (Wildman–Crippen MR) is 149 cm³/mol. The van der Waals surface area contributed by atoms with Gasteiger partial charge < -0.3 is 19.8 Å². The van der Waals surface area contributed by atoms with Crippen LogP contribution < -0.4 is 9.46 Å². The second-order valence-electron chi connectivity index (χ2n) is 8.61. The number of thiazole rings is 1. The molecular formula is C25H32N4O7S3. The molecule has 11 nitrogen and oxygen atoms in total. The number of benzene rings is 1. The summed E-state index contributed by atoms with van der Waals surface area (Å²) in [6, 6.07) is 10.5. The highest BCUT2D eigenvalue weighted by atomic mass is 32.2. The maximum atomic E-state index is 13.4. The van der Waals surface area contributed by atoms with E-state index < -0.39 is 34.7 Å². The number of hydrogen-bond donors (Lipinski definition) is 3. The van der Waals surface area contributed by atoms with Crippen molar-refractivity contribution in [3.05, 3.63) is 67.8 Å². The smallest absolute Gasteiger partial charge is 0.303 e. The van der Waals surface area contributed by atoms with Crippen LogP contribution in [0.15, 0.2) is 41.8 Å². The SMILES string of the molecule is COc1ccc([C@@H](O)C(=O)N(CCCc2cccs2)Cc2nc(C(=O)NS(=O)(=O)N(C)CCO)c(C)s2)cc1. The molecule has 0 aliphatic rings. The number of ether oxygens (including phenoxy) is 1. The number of aryl methyl sites for hydroxylation is 2. The molecule has 0 saturated carbocycles. The van der Waals surface area contributed by atoms with Crippen molar-refractivity contribution in [1.29, 1.82) is 0 Å². The van der Waals surface area contributed by atoms with Crippen LogP contribution >= 0.6 is 22.7 Å². The lowest BCUT2D eigenvalue weighted by atomic mass is 10.1. The van der Waals surface area contributed by atoms with Crippen molar-refractivity contribution in [3.8, 4) is 5.75 Å². The lowest BCUT2D eigenvalue weighted by Crippen LogP contribution is -2.42. The summed E-state index contributed by atoms with van der Waals surface area (Å²) >= 11 is 2.79. The first kappa shape index (κ1) is 30.7. The van der Waals surface area contributed by atoms with Crippen LogP contribution in [0.3, 0.4) is 0 Å². The molecule has 2 aromatic heterocycles. The largest absolute Gasteiger partial charge is 0.497 e. The van der Waals surface area contributed by atoms with Crippen LogP contribution in [0, 0.1) is 6.92 Å². The van der Waals surface area contributed by atoms with Crippen molar-refractivity contribution in [3.63, 3.8) is 0 Å². The highest BCUT2D eigenvalue weighted by molar-refractivity contribution is 7.87. The average molecular weight is 597 g/mol. The van der Waals surface area contributed by atoms with Gasteiger partial charge in [0.05, 0.1) is 20.3 Å². The zero-order valence-electron chi connectivity index (χ0n) is 21.9. The first-order chi connectivity index (χ1) is 18.6. The van der Waals surface area contributed by atoms with Crippen LogP contribution in [0.2, 0.25) is 0 Å². The number of rotatable bonds is 14. The Labute approximate surface area is 235 Å². The minimum Gasteiger partial charge on any atom is -0.497 e. The number of aliphatic hydroxyl groups is 2. The van der Waals surface area contributed by atoms with E-state index in [4.69, 9.17) is 9.84 Å². The summed E-state index contributed by atoms with van der Waals surface area (Å²) in [5.74, 6) is -0.827. The van der Waals surface area contributed by atoms with Crippen LogP contribution in [-0.2, 0) is 28.0 Å². The Hall–Kier alpha value is -2.88. The number of methoxy groups -OCH3 is 1. The van der Waals surface area contributed by atoms with Gasteiger partial charge in [-0.15, -0.1) is 22.7 Å². The molecule has 0 spiro atoms. The molecule has 0 fully saturated rings. The number of amides is 2. The molecule has 39 heavy (non-hydrogen) atoms. The Morgan fingerprint density at radius 2 is 1.90 bits per heavy atom. The van der Waals surface area contributed by atoms with Crippen LogP contribution in [0.4, 0.5) is 0 Å². The number of carbonyl (C=O) groups is 2. The summed E-state index contributed by atoms with van der Waals surface area (Å²) in [6.45, 7) is 1.43. The summed E-state index contributed by atoms with van der Waals surface area (Å²) in [7, 11) is -1.40. The second-order valence-corrected chi connectivity index (χ2v) is 12.7. The molecule has 0 aliphatic carbocycles. The van der Waals surface area contributed by atoms with E-state index in [2.05, 4.69) is 4.98 Å². The zero-order valence-corrected chi connectivity index (χ0v) is 24.3. The quantitative estimate of drug-likeness (QED) is 0.256. The minimum absolute atomic E-state index is 0.0342. The van der Waals surface area contributed by atoms with Crippen LogP contribution in [0.1, 0.15) is 43.3 Å². The van der Waals surface area contributed by atoms with Crippen LogP contribution in [0.5, 0.6) is 5.75 Å². The summed E-state index contributed by atoms with van der Waals surface area (Å²) in [5.41, 5.74) is 0.342. The van der Waals surface area contributed by atoms with Crippen LogP contribution in [-0.4, -0.2) is 78.5 Å². The topological polar surface area (TPSA) is 149 Å². The van der Waals surface area contributed by atoms with Crippen molar-refractivity contribution >= 4 is 44.7 Å². The maximum absolute atomic E-state index is 13.4. The molecule has 3 aromatic rings. The lowest BCUT2D eigenvalue weighted by Gasteiger charge is -2.24. The fourth-order valence-corrected chi connectivity index (χ4v) is 6.17. The van der Waals surface area contributed by atoms with Gasteiger partial charge in [-0.3, -0.25) is 9.59 Å². The highest BCUT2D eigenvalue weighted by Gasteiger charge is 2.27. The molecule has 14 heteroatoms. The van der Waals surface area contributed by atoms with Gasteiger partial charge in [0.25, 0.3) is 11.8 Å². The summed E-state index contributed by atoms with van der Waals surface area (Å²) in [5, 5.41) is 22.3. The molecule has 0 aliphatic heterocycles. The van der Waals surface area contributed by atoms with Crippen molar-refractivity contribution in [2.75, 3.05) is 33.9 Å². The van der Waals surface area contributed by atoms with Crippen molar-refractivity contribution < 1.29 is 33.0 Å². The first-order valence-electron chi connectivity index (χ1n) is 12.0.